The zero-order chi connectivity index (χ0) is 13.7. The normalized spacial score (nSPS) is 14.8. The molecule has 102 valence electrons. The van der Waals surface area contributed by atoms with Gasteiger partial charge >= 0.3 is 0 Å². The van der Waals surface area contributed by atoms with E-state index < -0.39 is 10.2 Å². The van der Waals surface area contributed by atoms with E-state index in [9.17, 15) is 8.42 Å². The Balaban J connectivity index is 2.02. The maximum atomic E-state index is 11.7. The highest BCUT2D eigenvalue weighted by Crippen LogP contribution is 2.19. The van der Waals surface area contributed by atoms with E-state index >= 15 is 0 Å². The number of rotatable bonds is 5. The van der Waals surface area contributed by atoms with Gasteiger partial charge in [0.25, 0.3) is 10.2 Å². The zero-order valence-electron chi connectivity index (χ0n) is 10.5. The molecule has 6 heteroatoms. The summed E-state index contributed by atoms with van der Waals surface area (Å²) >= 11 is 0. The molecule has 5 nitrogen and oxygen atoms in total. The van der Waals surface area contributed by atoms with Gasteiger partial charge in [0, 0.05) is 18.2 Å². The van der Waals surface area contributed by atoms with Crippen molar-refractivity contribution in [1.82, 2.24) is 9.44 Å². The van der Waals surface area contributed by atoms with Crippen LogP contribution in [0, 0.1) is 11.8 Å². The summed E-state index contributed by atoms with van der Waals surface area (Å²) in [6.07, 6.45) is 1.83. The van der Waals surface area contributed by atoms with Crippen molar-refractivity contribution in [2.24, 2.45) is 5.73 Å². The molecule has 0 heterocycles. The molecule has 19 heavy (non-hydrogen) atoms. The van der Waals surface area contributed by atoms with Crippen LogP contribution in [0.4, 0.5) is 0 Å². The van der Waals surface area contributed by atoms with Gasteiger partial charge in [-0.15, -0.1) is 0 Å². The van der Waals surface area contributed by atoms with Gasteiger partial charge in [-0.2, -0.15) is 17.9 Å². The van der Waals surface area contributed by atoms with Crippen molar-refractivity contribution < 1.29 is 8.42 Å². The summed E-state index contributed by atoms with van der Waals surface area (Å²) in [5.41, 5.74) is 6.97. The van der Waals surface area contributed by atoms with Crippen molar-refractivity contribution in [1.29, 1.82) is 0 Å². The topological polar surface area (TPSA) is 84.2 Å². The standard InChI is InChI=1S/C13H17N3O2S/c14-9-3-6-11-4-1-2-5-12(11)10-15-19(17,18)16-13-7-8-13/h1-2,4-5,13,15-16H,7-10,14H2. The Morgan fingerprint density at radius 3 is 2.74 bits per heavy atom. The van der Waals surface area contributed by atoms with E-state index in [4.69, 9.17) is 5.73 Å². The fourth-order valence-electron chi connectivity index (χ4n) is 1.58. The Kier molecular flexibility index (Phi) is 4.56. The van der Waals surface area contributed by atoms with Crippen LogP contribution in [-0.2, 0) is 16.8 Å². The van der Waals surface area contributed by atoms with Gasteiger partial charge in [0.15, 0.2) is 0 Å². The number of hydrogen-bond acceptors (Lipinski definition) is 3. The second-order valence-corrected chi connectivity index (χ2v) is 5.91. The van der Waals surface area contributed by atoms with Gasteiger partial charge in [0.2, 0.25) is 0 Å². The third kappa shape index (κ3) is 4.65. The zero-order valence-corrected chi connectivity index (χ0v) is 11.3. The SMILES string of the molecule is NCC#Cc1ccccc1CNS(=O)(=O)NC1CC1. The second-order valence-electron chi connectivity index (χ2n) is 4.38. The third-order valence-corrected chi connectivity index (χ3v) is 3.86. The quantitative estimate of drug-likeness (QED) is 0.668. The van der Waals surface area contributed by atoms with E-state index in [1.165, 1.54) is 0 Å². The Labute approximate surface area is 113 Å². The van der Waals surface area contributed by atoms with E-state index in [0.29, 0.717) is 0 Å². The van der Waals surface area contributed by atoms with Crippen molar-refractivity contribution >= 4 is 10.2 Å². The first-order valence-electron chi connectivity index (χ1n) is 6.14. The molecule has 0 saturated heterocycles. The predicted octanol–water partition coefficient (Wildman–Crippen LogP) is 0.0832. The van der Waals surface area contributed by atoms with Crippen LogP contribution in [0.5, 0.6) is 0 Å². The summed E-state index contributed by atoms with van der Waals surface area (Å²) in [5.74, 6) is 5.70. The molecule has 4 N–H and O–H groups in total. The average Bonchev–Trinajstić information content (AvgIpc) is 3.18. The van der Waals surface area contributed by atoms with Gasteiger partial charge in [-0.3, -0.25) is 0 Å². The molecule has 0 bridgehead atoms. The second kappa shape index (κ2) is 6.17. The van der Waals surface area contributed by atoms with Crippen LogP contribution in [-0.4, -0.2) is 21.0 Å². The predicted molar refractivity (Wildman–Crippen MR) is 74.3 cm³/mol. The van der Waals surface area contributed by atoms with Crippen molar-refractivity contribution in [3.63, 3.8) is 0 Å². The lowest BCUT2D eigenvalue weighted by molar-refractivity contribution is 0.565. The first-order chi connectivity index (χ1) is 9.11. The lowest BCUT2D eigenvalue weighted by Gasteiger charge is -2.08. The molecule has 0 spiro atoms. The van der Waals surface area contributed by atoms with Crippen molar-refractivity contribution in [3.8, 4) is 11.8 Å². The Hall–Kier alpha value is -1.39. The van der Waals surface area contributed by atoms with Crippen molar-refractivity contribution in [2.75, 3.05) is 6.54 Å². The molecular formula is C13H17N3O2S. The van der Waals surface area contributed by atoms with Gasteiger partial charge in [-0.05, 0) is 24.5 Å². The Bertz CT molecular complexity index is 598. The smallest absolute Gasteiger partial charge is 0.277 e. The first kappa shape index (κ1) is 14.0. The first-order valence-corrected chi connectivity index (χ1v) is 7.63. The summed E-state index contributed by atoms with van der Waals surface area (Å²) in [4.78, 5) is 0. The molecule has 1 aliphatic carbocycles. The van der Waals surface area contributed by atoms with Gasteiger partial charge < -0.3 is 5.73 Å². The molecule has 1 aromatic rings. The minimum Gasteiger partial charge on any atom is -0.320 e. The maximum Gasteiger partial charge on any atom is 0.277 e. The molecular weight excluding hydrogens is 262 g/mol. The van der Waals surface area contributed by atoms with Crippen LogP contribution in [0.15, 0.2) is 24.3 Å². The minimum absolute atomic E-state index is 0.102. The summed E-state index contributed by atoms with van der Waals surface area (Å²) in [6, 6.07) is 7.51. The Morgan fingerprint density at radius 1 is 1.32 bits per heavy atom. The molecule has 1 fully saturated rings. The number of nitrogens with two attached hydrogens (primary N) is 1. The van der Waals surface area contributed by atoms with Gasteiger partial charge in [0.05, 0.1) is 6.54 Å². The minimum atomic E-state index is -3.43. The van der Waals surface area contributed by atoms with E-state index in [0.717, 1.165) is 24.0 Å². The van der Waals surface area contributed by atoms with Crippen LogP contribution in [0.2, 0.25) is 0 Å². The molecule has 1 aliphatic rings. The summed E-state index contributed by atoms with van der Waals surface area (Å²) in [5, 5.41) is 0. The van der Waals surface area contributed by atoms with Gasteiger partial charge in [-0.25, -0.2) is 0 Å². The van der Waals surface area contributed by atoms with Crippen LogP contribution < -0.4 is 15.2 Å². The number of nitrogens with one attached hydrogen (secondary N) is 2. The molecule has 0 atom stereocenters. The lowest BCUT2D eigenvalue weighted by atomic mass is 10.1. The molecule has 0 aromatic heterocycles. The number of benzene rings is 1. The fourth-order valence-corrected chi connectivity index (χ4v) is 2.68. The molecule has 1 saturated carbocycles. The van der Waals surface area contributed by atoms with Crippen molar-refractivity contribution in [3.05, 3.63) is 35.4 Å². The average molecular weight is 279 g/mol. The summed E-state index contributed by atoms with van der Waals surface area (Å²) < 4.78 is 28.5. The van der Waals surface area contributed by atoms with Crippen LogP contribution >= 0.6 is 0 Å². The van der Waals surface area contributed by atoms with Gasteiger partial charge in [0.1, 0.15) is 0 Å². The molecule has 0 aliphatic heterocycles. The van der Waals surface area contributed by atoms with E-state index in [1.807, 2.05) is 24.3 Å². The maximum absolute atomic E-state index is 11.7. The highest BCUT2D eigenvalue weighted by atomic mass is 32.2. The molecule has 0 amide bonds. The monoisotopic (exact) mass is 279 g/mol. The van der Waals surface area contributed by atoms with E-state index in [1.54, 1.807) is 0 Å². The summed E-state index contributed by atoms with van der Waals surface area (Å²) in [7, 11) is -3.43. The largest absolute Gasteiger partial charge is 0.320 e. The molecule has 0 radical (unpaired) electrons. The highest BCUT2D eigenvalue weighted by molar-refractivity contribution is 7.87. The van der Waals surface area contributed by atoms with E-state index in [-0.39, 0.29) is 19.1 Å². The molecule has 0 unspecified atom stereocenters. The van der Waals surface area contributed by atoms with Crippen LogP contribution in [0.3, 0.4) is 0 Å². The van der Waals surface area contributed by atoms with Crippen LogP contribution in [0.1, 0.15) is 24.0 Å². The highest BCUT2D eigenvalue weighted by Gasteiger charge is 2.26. The summed E-state index contributed by atoms with van der Waals surface area (Å²) in [6.45, 7) is 0.501. The van der Waals surface area contributed by atoms with Crippen molar-refractivity contribution in [2.45, 2.75) is 25.4 Å². The van der Waals surface area contributed by atoms with E-state index in [2.05, 4.69) is 21.3 Å². The molecule has 1 aromatic carbocycles. The van der Waals surface area contributed by atoms with Gasteiger partial charge in [-0.1, -0.05) is 30.0 Å². The fraction of sp³-hybridized carbons (Fsp3) is 0.385. The van der Waals surface area contributed by atoms with Crippen LogP contribution in [0.25, 0.3) is 0 Å². The number of hydrogen-bond donors (Lipinski definition) is 3. The lowest BCUT2D eigenvalue weighted by Crippen LogP contribution is -2.37. The molecule has 2 rings (SSSR count). The third-order valence-electron chi connectivity index (χ3n) is 2.69. The Morgan fingerprint density at radius 2 is 2.05 bits per heavy atom.